The van der Waals surface area contributed by atoms with Gasteiger partial charge in [-0.05, 0) is 40.9 Å². The molecule has 0 unspecified atom stereocenters. The van der Waals surface area contributed by atoms with Crippen LogP contribution in [0.5, 0.6) is 0 Å². The van der Waals surface area contributed by atoms with Crippen LogP contribution in [0.3, 0.4) is 0 Å². The number of alkyl halides is 1. The molecule has 0 bridgehead atoms. The molecule has 0 aliphatic carbocycles. The molecule has 1 N–H and O–H groups in total. The monoisotopic (exact) mass is 331 g/mol. The first-order chi connectivity index (χ1) is 6.97. The average Bonchev–Trinajstić information content (AvgIpc) is 2.48. The molecule has 0 aromatic carbocycles. The first kappa shape index (κ1) is 13.4. The Labute approximate surface area is 107 Å². The second-order valence-corrected chi connectivity index (χ2v) is 7.70. The predicted octanol–water partition coefficient (Wildman–Crippen LogP) is 2.73. The molecule has 0 aliphatic heterocycles. The molecule has 1 aromatic rings. The van der Waals surface area contributed by atoms with E-state index in [1.54, 1.807) is 6.07 Å². The van der Waals surface area contributed by atoms with Crippen molar-refractivity contribution in [2.75, 3.05) is 12.4 Å². The summed E-state index contributed by atoms with van der Waals surface area (Å²) in [6.07, 6.45) is 0.631. The van der Waals surface area contributed by atoms with Gasteiger partial charge in [0.05, 0.1) is 3.79 Å². The van der Waals surface area contributed by atoms with Crippen molar-refractivity contribution in [3.05, 3.63) is 15.4 Å². The van der Waals surface area contributed by atoms with Crippen LogP contribution in [-0.4, -0.2) is 20.8 Å². The highest BCUT2D eigenvalue weighted by Crippen LogP contribution is 2.30. The molecule has 0 amide bonds. The number of aryl methyl sites for hydroxylation is 1. The lowest BCUT2D eigenvalue weighted by atomic mass is 10.4. The van der Waals surface area contributed by atoms with E-state index in [4.69, 9.17) is 11.6 Å². The number of halogens is 2. The maximum atomic E-state index is 11.7. The van der Waals surface area contributed by atoms with Crippen LogP contribution >= 0.6 is 38.9 Å². The molecule has 15 heavy (non-hydrogen) atoms. The summed E-state index contributed by atoms with van der Waals surface area (Å²) in [7, 11) is -3.35. The molecule has 0 aliphatic rings. The second kappa shape index (κ2) is 5.63. The molecule has 0 radical (unpaired) electrons. The van der Waals surface area contributed by atoms with Crippen molar-refractivity contribution in [1.82, 2.24) is 4.72 Å². The van der Waals surface area contributed by atoms with Crippen molar-refractivity contribution in [3.63, 3.8) is 0 Å². The van der Waals surface area contributed by atoms with E-state index in [0.29, 0.717) is 23.1 Å². The van der Waals surface area contributed by atoms with Gasteiger partial charge in [-0.1, -0.05) is 0 Å². The van der Waals surface area contributed by atoms with E-state index >= 15 is 0 Å². The zero-order valence-electron chi connectivity index (χ0n) is 8.09. The van der Waals surface area contributed by atoms with Crippen molar-refractivity contribution < 1.29 is 8.42 Å². The largest absolute Gasteiger partial charge is 0.250 e. The van der Waals surface area contributed by atoms with E-state index in [-0.39, 0.29) is 0 Å². The number of thiophene rings is 1. The Morgan fingerprint density at radius 2 is 2.27 bits per heavy atom. The van der Waals surface area contributed by atoms with Crippen molar-refractivity contribution in [2.24, 2.45) is 0 Å². The average molecular weight is 333 g/mol. The normalized spacial score (nSPS) is 11.9. The van der Waals surface area contributed by atoms with Crippen molar-refractivity contribution >= 4 is 48.9 Å². The molecule has 1 aromatic heterocycles. The standard InChI is InChI=1S/C8H11BrClNO2S2/c1-6-5-7(14-8(6)9)15(12,13)11-4-2-3-10/h5,11H,2-4H2,1H3. The van der Waals surface area contributed by atoms with Gasteiger partial charge in [0, 0.05) is 12.4 Å². The maximum Gasteiger partial charge on any atom is 0.250 e. The summed E-state index contributed by atoms with van der Waals surface area (Å²) in [5, 5.41) is 0. The van der Waals surface area contributed by atoms with Crippen LogP contribution < -0.4 is 4.72 Å². The summed E-state index contributed by atoms with van der Waals surface area (Å²) in [4.78, 5) is 0. The minimum Gasteiger partial charge on any atom is -0.210 e. The van der Waals surface area contributed by atoms with Gasteiger partial charge in [0.2, 0.25) is 10.0 Å². The summed E-state index contributed by atoms with van der Waals surface area (Å²) in [5.74, 6) is 0.454. The Morgan fingerprint density at radius 3 is 2.73 bits per heavy atom. The highest BCUT2D eigenvalue weighted by atomic mass is 79.9. The molecule has 0 saturated heterocycles. The van der Waals surface area contributed by atoms with Crippen LogP contribution in [0, 0.1) is 6.92 Å². The van der Waals surface area contributed by atoms with Crippen LogP contribution in [0.4, 0.5) is 0 Å². The van der Waals surface area contributed by atoms with Crippen LogP contribution in [0.1, 0.15) is 12.0 Å². The predicted molar refractivity (Wildman–Crippen MR) is 67.3 cm³/mol. The number of hydrogen-bond donors (Lipinski definition) is 1. The van der Waals surface area contributed by atoms with E-state index in [0.717, 1.165) is 9.35 Å². The molecule has 7 heteroatoms. The summed E-state index contributed by atoms with van der Waals surface area (Å²) in [6, 6.07) is 1.65. The SMILES string of the molecule is Cc1cc(S(=O)(=O)NCCCCl)sc1Br. The van der Waals surface area contributed by atoms with Crippen molar-refractivity contribution in [3.8, 4) is 0 Å². The molecule has 0 fully saturated rings. The third-order valence-corrected chi connectivity index (χ3v) is 6.04. The van der Waals surface area contributed by atoms with E-state index in [2.05, 4.69) is 20.7 Å². The summed E-state index contributed by atoms with van der Waals surface area (Å²) < 4.78 is 27.1. The maximum absolute atomic E-state index is 11.7. The molecule has 3 nitrogen and oxygen atoms in total. The Morgan fingerprint density at radius 1 is 1.60 bits per heavy atom. The van der Waals surface area contributed by atoms with Gasteiger partial charge >= 0.3 is 0 Å². The number of nitrogens with one attached hydrogen (secondary N) is 1. The summed E-state index contributed by atoms with van der Waals surface area (Å²) >= 11 is 9.97. The molecular weight excluding hydrogens is 322 g/mol. The smallest absolute Gasteiger partial charge is 0.210 e. The second-order valence-electron chi connectivity index (χ2n) is 2.96. The summed E-state index contributed by atoms with van der Waals surface area (Å²) in [5.41, 5.74) is 0.928. The third kappa shape index (κ3) is 3.71. The van der Waals surface area contributed by atoms with Gasteiger partial charge in [0.25, 0.3) is 0 Å². The highest BCUT2D eigenvalue weighted by Gasteiger charge is 2.17. The third-order valence-electron chi connectivity index (χ3n) is 1.70. The van der Waals surface area contributed by atoms with Crippen LogP contribution in [0.25, 0.3) is 0 Å². The number of hydrogen-bond acceptors (Lipinski definition) is 3. The van der Waals surface area contributed by atoms with Gasteiger partial charge < -0.3 is 0 Å². The van der Waals surface area contributed by atoms with Crippen LogP contribution in [-0.2, 0) is 10.0 Å². The quantitative estimate of drug-likeness (QED) is 0.665. The zero-order valence-corrected chi connectivity index (χ0v) is 12.1. The van der Waals surface area contributed by atoms with E-state index in [9.17, 15) is 8.42 Å². The van der Waals surface area contributed by atoms with Crippen LogP contribution in [0.2, 0.25) is 0 Å². The van der Waals surface area contributed by atoms with Crippen molar-refractivity contribution in [2.45, 2.75) is 17.6 Å². The minimum atomic E-state index is -3.35. The zero-order chi connectivity index (χ0) is 11.5. The van der Waals surface area contributed by atoms with Gasteiger partial charge in [-0.25, -0.2) is 13.1 Å². The Hall–Kier alpha value is 0.380. The number of sulfonamides is 1. The molecule has 86 valence electrons. The Balaban J connectivity index is 2.77. The van der Waals surface area contributed by atoms with E-state index < -0.39 is 10.0 Å². The molecular formula is C8H11BrClNO2S2. The lowest BCUT2D eigenvalue weighted by Crippen LogP contribution is -2.24. The Kier molecular flexibility index (Phi) is 5.05. The molecule has 0 atom stereocenters. The van der Waals surface area contributed by atoms with Gasteiger partial charge in [-0.15, -0.1) is 22.9 Å². The summed E-state index contributed by atoms with van der Waals surface area (Å²) in [6.45, 7) is 2.23. The fraction of sp³-hybridized carbons (Fsp3) is 0.500. The first-order valence-electron chi connectivity index (χ1n) is 4.29. The molecule has 0 saturated carbocycles. The highest BCUT2D eigenvalue weighted by molar-refractivity contribution is 9.11. The van der Waals surface area contributed by atoms with E-state index in [1.165, 1.54) is 11.3 Å². The lowest BCUT2D eigenvalue weighted by Gasteiger charge is -2.02. The van der Waals surface area contributed by atoms with Gasteiger partial charge in [0.1, 0.15) is 4.21 Å². The van der Waals surface area contributed by atoms with E-state index in [1.807, 2.05) is 6.92 Å². The minimum absolute atomic E-state index is 0.335. The first-order valence-corrected chi connectivity index (χ1v) is 7.91. The lowest BCUT2D eigenvalue weighted by molar-refractivity contribution is 0.583. The fourth-order valence-corrected chi connectivity index (χ4v) is 4.39. The molecule has 1 heterocycles. The van der Waals surface area contributed by atoms with Gasteiger partial charge in [-0.3, -0.25) is 0 Å². The topological polar surface area (TPSA) is 46.2 Å². The fourth-order valence-electron chi connectivity index (χ4n) is 0.909. The van der Waals surface area contributed by atoms with Crippen LogP contribution in [0.15, 0.2) is 14.1 Å². The van der Waals surface area contributed by atoms with Crippen molar-refractivity contribution in [1.29, 1.82) is 0 Å². The van der Waals surface area contributed by atoms with Gasteiger partial charge in [-0.2, -0.15) is 0 Å². The molecule has 1 rings (SSSR count). The number of rotatable bonds is 5. The Bertz CT molecular complexity index is 410. The van der Waals surface area contributed by atoms with Gasteiger partial charge in [0.15, 0.2) is 0 Å². The molecule has 0 spiro atoms.